The molecule has 0 aliphatic heterocycles. The standard InChI is InChI=1S/C11H23N/c1-6-11(4,5)9-12-8-7-10(2)3/h7,12H,6,8-9H2,1-5H3. The first kappa shape index (κ1) is 11.7. The van der Waals surface area contributed by atoms with Gasteiger partial charge in [0.2, 0.25) is 0 Å². The van der Waals surface area contributed by atoms with Crippen molar-refractivity contribution in [2.75, 3.05) is 13.1 Å². The molecule has 0 aliphatic rings. The van der Waals surface area contributed by atoms with Crippen molar-refractivity contribution >= 4 is 0 Å². The molecule has 1 heteroatoms. The Hall–Kier alpha value is -0.300. The summed E-state index contributed by atoms with van der Waals surface area (Å²) in [6, 6.07) is 0. The molecule has 0 atom stereocenters. The van der Waals surface area contributed by atoms with E-state index in [1.54, 1.807) is 0 Å². The van der Waals surface area contributed by atoms with Gasteiger partial charge < -0.3 is 5.32 Å². The molecular formula is C11H23N. The Morgan fingerprint density at radius 1 is 1.33 bits per heavy atom. The van der Waals surface area contributed by atoms with Crippen LogP contribution in [0, 0.1) is 5.41 Å². The molecule has 1 nitrogen and oxygen atoms in total. The van der Waals surface area contributed by atoms with E-state index in [0.29, 0.717) is 5.41 Å². The van der Waals surface area contributed by atoms with Crippen LogP contribution in [-0.4, -0.2) is 13.1 Å². The quantitative estimate of drug-likeness (QED) is 0.493. The minimum atomic E-state index is 0.440. The Morgan fingerprint density at radius 2 is 1.92 bits per heavy atom. The molecule has 0 spiro atoms. The lowest BCUT2D eigenvalue weighted by Gasteiger charge is -2.22. The second kappa shape index (κ2) is 5.36. The summed E-state index contributed by atoms with van der Waals surface area (Å²) in [5.74, 6) is 0. The van der Waals surface area contributed by atoms with Crippen molar-refractivity contribution in [1.82, 2.24) is 5.32 Å². The van der Waals surface area contributed by atoms with E-state index in [-0.39, 0.29) is 0 Å². The molecule has 0 rings (SSSR count). The molecule has 0 radical (unpaired) electrons. The lowest BCUT2D eigenvalue weighted by molar-refractivity contribution is 0.334. The van der Waals surface area contributed by atoms with Crippen molar-refractivity contribution in [1.29, 1.82) is 0 Å². The highest BCUT2D eigenvalue weighted by atomic mass is 14.9. The third-order valence-electron chi connectivity index (χ3n) is 2.22. The third-order valence-corrected chi connectivity index (χ3v) is 2.22. The molecule has 0 unspecified atom stereocenters. The highest BCUT2D eigenvalue weighted by Gasteiger charge is 2.12. The van der Waals surface area contributed by atoms with Gasteiger partial charge >= 0.3 is 0 Å². The molecule has 72 valence electrons. The summed E-state index contributed by atoms with van der Waals surface area (Å²) in [4.78, 5) is 0. The van der Waals surface area contributed by atoms with Gasteiger partial charge in [0, 0.05) is 13.1 Å². The van der Waals surface area contributed by atoms with Crippen LogP contribution >= 0.6 is 0 Å². The number of hydrogen-bond acceptors (Lipinski definition) is 1. The summed E-state index contributed by atoms with van der Waals surface area (Å²) in [6.07, 6.45) is 3.46. The molecule has 0 aromatic heterocycles. The second-order valence-electron chi connectivity index (χ2n) is 4.43. The molecule has 0 heterocycles. The zero-order valence-electron chi connectivity index (χ0n) is 9.20. The third kappa shape index (κ3) is 6.41. The molecular weight excluding hydrogens is 146 g/mol. The van der Waals surface area contributed by atoms with Crippen LogP contribution in [0.3, 0.4) is 0 Å². The Labute approximate surface area is 77.2 Å². The maximum absolute atomic E-state index is 3.43. The van der Waals surface area contributed by atoms with Crippen molar-refractivity contribution < 1.29 is 0 Å². The van der Waals surface area contributed by atoms with E-state index >= 15 is 0 Å². The first-order valence-electron chi connectivity index (χ1n) is 4.82. The fraction of sp³-hybridized carbons (Fsp3) is 0.818. The summed E-state index contributed by atoms with van der Waals surface area (Å²) in [7, 11) is 0. The van der Waals surface area contributed by atoms with Crippen molar-refractivity contribution in [3.8, 4) is 0 Å². The van der Waals surface area contributed by atoms with Crippen LogP contribution in [0.4, 0.5) is 0 Å². The summed E-state index contributed by atoms with van der Waals surface area (Å²) in [6.45, 7) is 13.2. The predicted octanol–water partition coefficient (Wildman–Crippen LogP) is 2.98. The van der Waals surface area contributed by atoms with Crippen molar-refractivity contribution in [2.24, 2.45) is 5.41 Å². The highest BCUT2D eigenvalue weighted by Crippen LogP contribution is 2.17. The second-order valence-corrected chi connectivity index (χ2v) is 4.43. The number of nitrogens with one attached hydrogen (secondary N) is 1. The van der Waals surface area contributed by atoms with Crippen LogP contribution in [0.1, 0.15) is 41.0 Å². The van der Waals surface area contributed by atoms with Gasteiger partial charge in [0.15, 0.2) is 0 Å². The van der Waals surface area contributed by atoms with E-state index in [2.05, 4.69) is 46.0 Å². The van der Waals surface area contributed by atoms with E-state index in [0.717, 1.165) is 13.1 Å². The van der Waals surface area contributed by atoms with Crippen LogP contribution in [0.15, 0.2) is 11.6 Å². The van der Waals surface area contributed by atoms with Gasteiger partial charge in [-0.3, -0.25) is 0 Å². The van der Waals surface area contributed by atoms with Gasteiger partial charge in [-0.15, -0.1) is 0 Å². The molecule has 12 heavy (non-hydrogen) atoms. The summed E-state index contributed by atoms with van der Waals surface area (Å²) in [5.41, 5.74) is 1.83. The van der Waals surface area contributed by atoms with E-state index in [1.807, 2.05) is 0 Å². The minimum absolute atomic E-state index is 0.440. The molecule has 0 saturated heterocycles. The summed E-state index contributed by atoms with van der Waals surface area (Å²) < 4.78 is 0. The van der Waals surface area contributed by atoms with Crippen LogP contribution < -0.4 is 5.32 Å². The Kier molecular flexibility index (Phi) is 5.23. The summed E-state index contributed by atoms with van der Waals surface area (Å²) in [5, 5.41) is 3.43. The fourth-order valence-electron chi connectivity index (χ4n) is 0.812. The summed E-state index contributed by atoms with van der Waals surface area (Å²) >= 11 is 0. The van der Waals surface area contributed by atoms with Gasteiger partial charge in [0.1, 0.15) is 0 Å². The average Bonchev–Trinajstić information content (AvgIpc) is 1.98. The SMILES string of the molecule is CCC(C)(C)CNCC=C(C)C. The van der Waals surface area contributed by atoms with Gasteiger partial charge in [-0.1, -0.05) is 32.4 Å². The van der Waals surface area contributed by atoms with Crippen molar-refractivity contribution in [3.63, 3.8) is 0 Å². The fourth-order valence-corrected chi connectivity index (χ4v) is 0.812. The lowest BCUT2D eigenvalue weighted by atomic mass is 9.90. The van der Waals surface area contributed by atoms with Gasteiger partial charge in [-0.25, -0.2) is 0 Å². The van der Waals surface area contributed by atoms with Crippen molar-refractivity contribution in [2.45, 2.75) is 41.0 Å². The van der Waals surface area contributed by atoms with E-state index in [4.69, 9.17) is 0 Å². The Morgan fingerprint density at radius 3 is 2.33 bits per heavy atom. The van der Waals surface area contributed by atoms with Crippen LogP contribution in [0.5, 0.6) is 0 Å². The van der Waals surface area contributed by atoms with Crippen LogP contribution in [-0.2, 0) is 0 Å². The van der Waals surface area contributed by atoms with Crippen molar-refractivity contribution in [3.05, 3.63) is 11.6 Å². The van der Waals surface area contributed by atoms with E-state index < -0.39 is 0 Å². The van der Waals surface area contributed by atoms with Gasteiger partial charge in [-0.05, 0) is 25.7 Å². The Bertz CT molecular complexity index is 141. The lowest BCUT2D eigenvalue weighted by Crippen LogP contribution is -2.28. The highest BCUT2D eigenvalue weighted by molar-refractivity contribution is 4.94. The first-order valence-corrected chi connectivity index (χ1v) is 4.82. The molecule has 0 fully saturated rings. The van der Waals surface area contributed by atoms with Gasteiger partial charge in [0.05, 0.1) is 0 Å². The molecule has 0 saturated carbocycles. The topological polar surface area (TPSA) is 12.0 Å². The maximum Gasteiger partial charge on any atom is 0.0137 e. The van der Waals surface area contributed by atoms with E-state index in [1.165, 1.54) is 12.0 Å². The first-order chi connectivity index (χ1) is 5.48. The predicted molar refractivity (Wildman–Crippen MR) is 56.4 cm³/mol. The smallest absolute Gasteiger partial charge is 0.0137 e. The number of rotatable bonds is 5. The number of allylic oxidation sites excluding steroid dienone is 1. The zero-order valence-corrected chi connectivity index (χ0v) is 9.20. The number of hydrogen-bond donors (Lipinski definition) is 1. The Balaban J connectivity index is 3.50. The van der Waals surface area contributed by atoms with Crippen LogP contribution in [0.25, 0.3) is 0 Å². The average molecular weight is 169 g/mol. The monoisotopic (exact) mass is 169 g/mol. The molecule has 0 bridgehead atoms. The zero-order chi connectivity index (χ0) is 9.61. The van der Waals surface area contributed by atoms with E-state index in [9.17, 15) is 0 Å². The van der Waals surface area contributed by atoms with Gasteiger partial charge in [0.25, 0.3) is 0 Å². The minimum Gasteiger partial charge on any atom is -0.313 e. The molecule has 1 N–H and O–H groups in total. The van der Waals surface area contributed by atoms with Crippen LogP contribution in [0.2, 0.25) is 0 Å². The molecule has 0 amide bonds. The molecule has 0 aliphatic carbocycles. The largest absolute Gasteiger partial charge is 0.313 e. The normalized spacial score (nSPS) is 11.4. The van der Waals surface area contributed by atoms with Gasteiger partial charge in [-0.2, -0.15) is 0 Å². The molecule has 0 aromatic carbocycles. The molecule has 0 aromatic rings. The maximum atomic E-state index is 3.43.